The van der Waals surface area contributed by atoms with E-state index in [1.165, 1.54) is 0 Å². The lowest BCUT2D eigenvalue weighted by Gasteiger charge is -2.22. The molecule has 0 radical (unpaired) electrons. The molecule has 104 valence electrons. The number of ether oxygens (including phenoxy) is 1. The summed E-state index contributed by atoms with van der Waals surface area (Å²) < 4.78 is 5.35. The van der Waals surface area contributed by atoms with Gasteiger partial charge in [0.1, 0.15) is 6.61 Å². The van der Waals surface area contributed by atoms with Crippen molar-refractivity contribution in [2.75, 3.05) is 18.9 Å². The minimum atomic E-state index is 0.0905. The molecule has 1 aromatic carbocycles. The molecule has 0 aromatic heterocycles. The monoisotopic (exact) mass is 262 g/mol. The van der Waals surface area contributed by atoms with Crippen molar-refractivity contribution in [1.82, 2.24) is 4.90 Å². The Morgan fingerprint density at radius 3 is 2.63 bits per heavy atom. The van der Waals surface area contributed by atoms with Gasteiger partial charge in [0.05, 0.1) is 0 Å². The molecule has 19 heavy (non-hydrogen) atoms. The molecule has 0 unspecified atom stereocenters. The molecule has 1 aliphatic carbocycles. The van der Waals surface area contributed by atoms with Crippen molar-refractivity contribution in [3.05, 3.63) is 29.8 Å². The SMILES string of the molecule is CCCOCC(=O)N(Cc1ccc(N)cc1)C1CC1. The summed E-state index contributed by atoms with van der Waals surface area (Å²) >= 11 is 0. The number of nitrogens with two attached hydrogens (primary N) is 1. The van der Waals surface area contributed by atoms with E-state index in [0.717, 1.165) is 30.5 Å². The number of hydrogen-bond donors (Lipinski definition) is 1. The van der Waals surface area contributed by atoms with E-state index < -0.39 is 0 Å². The van der Waals surface area contributed by atoms with Gasteiger partial charge in [-0.1, -0.05) is 19.1 Å². The van der Waals surface area contributed by atoms with Crippen LogP contribution < -0.4 is 5.73 Å². The summed E-state index contributed by atoms with van der Waals surface area (Å²) in [6.45, 7) is 3.53. The van der Waals surface area contributed by atoms with Gasteiger partial charge >= 0.3 is 0 Å². The molecule has 0 aliphatic heterocycles. The van der Waals surface area contributed by atoms with Crippen LogP contribution in [0.1, 0.15) is 31.7 Å². The highest BCUT2D eigenvalue weighted by Gasteiger charge is 2.32. The van der Waals surface area contributed by atoms with Gasteiger partial charge in [-0.15, -0.1) is 0 Å². The predicted octanol–water partition coefficient (Wildman–Crippen LogP) is 2.19. The summed E-state index contributed by atoms with van der Waals surface area (Å²) in [5.74, 6) is 0.0905. The highest BCUT2D eigenvalue weighted by atomic mass is 16.5. The lowest BCUT2D eigenvalue weighted by molar-refractivity contribution is -0.137. The van der Waals surface area contributed by atoms with Gasteiger partial charge in [-0.25, -0.2) is 0 Å². The third kappa shape index (κ3) is 4.24. The predicted molar refractivity (Wildman–Crippen MR) is 75.5 cm³/mol. The Bertz CT molecular complexity index is 413. The first-order chi connectivity index (χ1) is 9.20. The number of nitrogen functional groups attached to an aromatic ring is 1. The Morgan fingerprint density at radius 2 is 2.05 bits per heavy atom. The summed E-state index contributed by atoms with van der Waals surface area (Å²) in [6.07, 6.45) is 3.15. The van der Waals surface area contributed by atoms with Crippen LogP contribution in [0.15, 0.2) is 24.3 Å². The molecule has 4 heteroatoms. The first-order valence-electron chi connectivity index (χ1n) is 6.92. The van der Waals surface area contributed by atoms with Crippen LogP contribution >= 0.6 is 0 Å². The Kier molecular flexibility index (Phi) is 4.80. The van der Waals surface area contributed by atoms with Gasteiger partial charge < -0.3 is 15.4 Å². The van der Waals surface area contributed by atoms with Gasteiger partial charge in [0.15, 0.2) is 0 Å². The zero-order chi connectivity index (χ0) is 13.7. The van der Waals surface area contributed by atoms with E-state index in [0.29, 0.717) is 19.2 Å². The fraction of sp³-hybridized carbons (Fsp3) is 0.533. The number of amides is 1. The van der Waals surface area contributed by atoms with E-state index in [1.54, 1.807) is 0 Å². The number of carbonyl (C=O) groups is 1. The van der Waals surface area contributed by atoms with Crippen LogP contribution in [-0.2, 0) is 16.1 Å². The van der Waals surface area contributed by atoms with Crippen LogP contribution in [0.5, 0.6) is 0 Å². The number of rotatable bonds is 7. The van der Waals surface area contributed by atoms with E-state index >= 15 is 0 Å². The lowest BCUT2D eigenvalue weighted by Crippen LogP contribution is -2.35. The average Bonchev–Trinajstić information content (AvgIpc) is 3.22. The van der Waals surface area contributed by atoms with Crippen molar-refractivity contribution in [3.63, 3.8) is 0 Å². The molecule has 1 amide bonds. The molecular weight excluding hydrogens is 240 g/mol. The summed E-state index contributed by atoms with van der Waals surface area (Å²) in [5, 5.41) is 0. The molecular formula is C15H22N2O2. The summed E-state index contributed by atoms with van der Waals surface area (Å²) in [5.41, 5.74) is 7.53. The Labute approximate surface area is 114 Å². The maximum Gasteiger partial charge on any atom is 0.249 e. The molecule has 2 N–H and O–H groups in total. The second kappa shape index (κ2) is 6.57. The molecule has 4 nitrogen and oxygen atoms in total. The molecule has 1 aliphatic rings. The lowest BCUT2D eigenvalue weighted by atomic mass is 10.2. The van der Waals surface area contributed by atoms with Crippen molar-refractivity contribution < 1.29 is 9.53 Å². The van der Waals surface area contributed by atoms with Crippen LogP contribution in [-0.4, -0.2) is 30.1 Å². The number of nitrogens with zero attached hydrogens (tertiary/aromatic N) is 1. The topological polar surface area (TPSA) is 55.6 Å². The van der Waals surface area contributed by atoms with Crippen molar-refractivity contribution in [3.8, 4) is 0 Å². The first-order valence-corrected chi connectivity index (χ1v) is 6.92. The van der Waals surface area contributed by atoms with Crippen molar-refractivity contribution in [2.24, 2.45) is 0 Å². The maximum atomic E-state index is 12.1. The minimum Gasteiger partial charge on any atom is -0.399 e. The average molecular weight is 262 g/mol. The largest absolute Gasteiger partial charge is 0.399 e. The van der Waals surface area contributed by atoms with E-state index in [2.05, 4.69) is 0 Å². The van der Waals surface area contributed by atoms with E-state index in [-0.39, 0.29) is 12.5 Å². The van der Waals surface area contributed by atoms with Crippen LogP contribution in [0.3, 0.4) is 0 Å². The second-order valence-electron chi connectivity index (χ2n) is 5.05. The molecule has 0 heterocycles. The van der Waals surface area contributed by atoms with Gasteiger partial charge in [0.25, 0.3) is 0 Å². The normalized spacial score (nSPS) is 14.4. The minimum absolute atomic E-state index is 0.0905. The number of carbonyl (C=O) groups excluding carboxylic acids is 1. The van der Waals surface area contributed by atoms with Crippen molar-refractivity contribution >= 4 is 11.6 Å². The van der Waals surface area contributed by atoms with Crippen LogP contribution in [0.2, 0.25) is 0 Å². The van der Waals surface area contributed by atoms with Gasteiger partial charge in [-0.05, 0) is 37.0 Å². The summed E-state index contributed by atoms with van der Waals surface area (Å²) in [4.78, 5) is 14.1. The molecule has 1 fully saturated rings. The summed E-state index contributed by atoms with van der Waals surface area (Å²) in [7, 11) is 0. The third-order valence-electron chi connectivity index (χ3n) is 3.21. The van der Waals surface area contributed by atoms with Gasteiger partial charge in [0.2, 0.25) is 5.91 Å². The molecule has 0 spiro atoms. The molecule has 2 rings (SSSR count). The van der Waals surface area contributed by atoms with Crippen molar-refractivity contribution in [2.45, 2.75) is 38.8 Å². The molecule has 0 saturated heterocycles. The molecule has 0 bridgehead atoms. The van der Waals surface area contributed by atoms with Gasteiger partial charge in [-0.2, -0.15) is 0 Å². The molecule has 1 aromatic rings. The van der Waals surface area contributed by atoms with E-state index in [9.17, 15) is 4.79 Å². The highest BCUT2D eigenvalue weighted by molar-refractivity contribution is 5.78. The Morgan fingerprint density at radius 1 is 1.37 bits per heavy atom. The maximum absolute atomic E-state index is 12.1. The van der Waals surface area contributed by atoms with Crippen molar-refractivity contribution in [1.29, 1.82) is 0 Å². The van der Waals surface area contributed by atoms with E-state index in [1.807, 2.05) is 36.1 Å². The Hall–Kier alpha value is -1.55. The fourth-order valence-corrected chi connectivity index (χ4v) is 2.01. The molecule has 0 atom stereocenters. The third-order valence-corrected chi connectivity index (χ3v) is 3.21. The second-order valence-corrected chi connectivity index (χ2v) is 5.05. The quantitative estimate of drug-likeness (QED) is 0.605. The fourth-order valence-electron chi connectivity index (χ4n) is 2.01. The zero-order valence-corrected chi connectivity index (χ0v) is 11.5. The Balaban J connectivity index is 1.92. The zero-order valence-electron chi connectivity index (χ0n) is 11.5. The van der Waals surface area contributed by atoms with Crippen LogP contribution in [0.25, 0.3) is 0 Å². The van der Waals surface area contributed by atoms with E-state index in [4.69, 9.17) is 10.5 Å². The van der Waals surface area contributed by atoms with Gasteiger partial charge in [0, 0.05) is 24.9 Å². The highest BCUT2D eigenvalue weighted by Crippen LogP contribution is 2.28. The molecule has 1 saturated carbocycles. The smallest absolute Gasteiger partial charge is 0.249 e. The standard InChI is InChI=1S/C15H22N2O2/c1-2-9-19-11-15(18)17(14-7-8-14)10-12-3-5-13(16)6-4-12/h3-6,14H,2,7-11,16H2,1H3. The van der Waals surface area contributed by atoms with Crippen LogP contribution in [0, 0.1) is 0 Å². The number of anilines is 1. The number of benzene rings is 1. The van der Waals surface area contributed by atoms with Crippen LogP contribution in [0.4, 0.5) is 5.69 Å². The first kappa shape index (κ1) is 13.9. The summed E-state index contributed by atoms with van der Waals surface area (Å²) in [6, 6.07) is 8.10. The van der Waals surface area contributed by atoms with Gasteiger partial charge in [-0.3, -0.25) is 4.79 Å². The number of hydrogen-bond acceptors (Lipinski definition) is 3.